The van der Waals surface area contributed by atoms with Crippen LogP contribution in [0.2, 0.25) is 0 Å². The Morgan fingerprint density at radius 1 is 1.20 bits per heavy atom. The fourth-order valence-electron chi connectivity index (χ4n) is 2.85. The fraction of sp³-hybridized carbons (Fsp3) is 0.438. The zero-order valence-corrected chi connectivity index (χ0v) is 13.2. The van der Waals surface area contributed by atoms with E-state index in [0.29, 0.717) is 6.04 Å². The first kappa shape index (κ1) is 13.4. The lowest BCUT2D eigenvalue weighted by molar-refractivity contribution is 0.549. The van der Waals surface area contributed by atoms with E-state index >= 15 is 0 Å². The van der Waals surface area contributed by atoms with Crippen LogP contribution >= 0.6 is 11.3 Å². The van der Waals surface area contributed by atoms with Gasteiger partial charge in [0.2, 0.25) is 0 Å². The molecule has 0 N–H and O–H groups in total. The van der Waals surface area contributed by atoms with Crippen molar-refractivity contribution in [3.8, 4) is 0 Å². The number of piperazine rings is 1. The number of hydrogen-bond donors (Lipinski definition) is 0. The minimum Gasteiger partial charge on any atom is -0.367 e. The maximum atomic E-state index is 4.63. The summed E-state index contributed by atoms with van der Waals surface area (Å²) in [5.74, 6) is 0. The minimum absolute atomic E-state index is 0.494. The van der Waals surface area contributed by atoms with Gasteiger partial charge in [-0.05, 0) is 32.4 Å². The molecule has 0 aliphatic carbocycles. The molecule has 0 saturated carbocycles. The molecule has 4 heteroatoms. The SMILES string of the molecule is Cc1csc(N2CCN(c3ccccc3C)CC2C)n1. The Kier molecular flexibility index (Phi) is 3.66. The Bertz CT molecular complexity index is 593. The van der Waals surface area contributed by atoms with Crippen LogP contribution in [0.25, 0.3) is 0 Å². The van der Waals surface area contributed by atoms with E-state index < -0.39 is 0 Å². The van der Waals surface area contributed by atoms with Gasteiger partial charge in [-0.25, -0.2) is 4.98 Å². The first-order chi connectivity index (χ1) is 9.65. The van der Waals surface area contributed by atoms with Gasteiger partial charge in [0.05, 0.1) is 5.69 Å². The summed E-state index contributed by atoms with van der Waals surface area (Å²) < 4.78 is 0. The van der Waals surface area contributed by atoms with E-state index in [-0.39, 0.29) is 0 Å². The highest BCUT2D eigenvalue weighted by molar-refractivity contribution is 7.13. The first-order valence-corrected chi connectivity index (χ1v) is 8.02. The van der Waals surface area contributed by atoms with Gasteiger partial charge < -0.3 is 9.80 Å². The van der Waals surface area contributed by atoms with Gasteiger partial charge in [-0.15, -0.1) is 11.3 Å². The summed E-state index contributed by atoms with van der Waals surface area (Å²) in [5, 5.41) is 3.30. The number of hydrogen-bond acceptors (Lipinski definition) is 4. The van der Waals surface area contributed by atoms with Gasteiger partial charge in [0.25, 0.3) is 0 Å². The summed E-state index contributed by atoms with van der Waals surface area (Å²) in [4.78, 5) is 9.56. The van der Waals surface area contributed by atoms with Crippen LogP contribution in [0.1, 0.15) is 18.2 Å². The van der Waals surface area contributed by atoms with Crippen LogP contribution in [0.5, 0.6) is 0 Å². The van der Waals surface area contributed by atoms with Crippen LogP contribution in [0, 0.1) is 13.8 Å². The molecule has 1 aliphatic heterocycles. The molecule has 1 aliphatic rings. The van der Waals surface area contributed by atoms with Crippen LogP contribution in [-0.2, 0) is 0 Å². The molecule has 106 valence electrons. The summed E-state index contributed by atoms with van der Waals surface area (Å²) in [6, 6.07) is 9.15. The van der Waals surface area contributed by atoms with Gasteiger partial charge in [-0.2, -0.15) is 0 Å². The molecule has 20 heavy (non-hydrogen) atoms. The largest absolute Gasteiger partial charge is 0.367 e. The molecule has 1 saturated heterocycles. The molecule has 3 nitrogen and oxygen atoms in total. The normalized spacial score (nSPS) is 19.4. The number of thiazole rings is 1. The fourth-order valence-corrected chi connectivity index (χ4v) is 3.78. The van der Waals surface area contributed by atoms with E-state index in [4.69, 9.17) is 0 Å². The molecular formula is C16H21N3S. The minimum atomic E-state index is 0.494. The molecule has 1 atom stereocenters. The molecule has 1 aromatic heterocycles. The quantitative estimate of drug-likeness (QED) is 0.843. The lowest BCUT2D eigenvalue weighted by Crippen LogP contribution is -2.52. The van der Waals surface area contributed by atoms with Gasteiger partial charge in [0, 0.05) is 36.7 Å². The van der Waals surface area contributed by atoms with Crippen LogP contribution in [-0.4, -0.2) is 30.7 Å². The average Bonchev–Trinajstić information content (AvgIpc) is 2.85. The zero-order valence-electron chi connectivity index (χ0n) is 12.3. The van der Waals surface area contributed by atoms with E-state index in [1.165, 1.54) is 16.4 Å². The van der Waals surface area contributed by atoms with Crippen molar-refractivity contribution in [1.82, 2.24) is 4.98 Å². The third-order valence-electron chi connectivity index (χ3n) is 3.94. The highest BCUT2D eigenvalue weighted by Gasteiger charge is 2.26. The highest BCUT2D eigenvalue weighted by Crippen LogP contribution is 2.27. The van der Waals surface area contributed by atoms with Gasteiger partial charge >= 0.3 is 0 Å². The molecule has 1 unspecified atom stereocenters. The van der Waals surface area contributed by atoms with E-state index in [1.807, 2.05) is 0 Å². The summed E-state index contributed by atoms with van der Waals surface area (Å²) in [6.07, 6.45) is 0. The third-order valence-corrected chi connectivity index (χ3v) is 4.93. The molecule has 2 aromatic rings. The lowest BCUT2D eigenvalue weighted by Gasteiger charge is -2.41. The molecular weight excluding hydrogens is 266 g/mol. The van der Waals surface area contributed by atoms with Crippen molar-refractivity contribution in [3.05, 3.63) is 40.9 Å². The molecule has 3 rings (SSSR count). The van der Waals surface area contributed by atoms with Crippen LogP contribution in [0.3, 0.4) is 0 Å². The Balaban J connectivity index is 1.75. The van der Waals surface area contributed by atoms with E-state index in [1.54, 1.807) is 11.3 Å². The smallest absolute Gasteiger partial charge is 0.185 e. The Labute approximate surface area is 124 Å². The van der Waals surface area contributed by atoms with Crippen LogP contribution < -0.4 is 9.80 Å². The third kappa shape index (κ3) is 2.52. The van der Waals surface area contributed by atoms with E-state index in [9.17, 15) is 0 Å². The number of nitrogens with zero attached hydrogens (tertiary/aromatic N) is 3. The maximum absolute atomic E-state index is 4.63. The molecule has 2 heterocycles. The number of anilines is 2. The van der Waals surface area contributed by atoms with E-state index in [0.717, 1.165) is 25.3 Å². The Morgan fingerprint density at radius 2 is 2.00 bits per heavy atom. The van der Waals surface area contributed by atoms with Crippen molar-refractivity contribution in [1.29, 1.82) is 0 Å². The number of para-hydroxylation sites is 1. The van der Waals surface area contributed by atoms with Crippen LogP contribution in [0.4, 0.5) is 10.8 Å². The second kappa shape index (κ2) is 5.44. The van der Waals surface area contributed by atoms with Crippen molar-refractivity contribution >= 4 is 22.2 Å². The average molecular weight is 287 g/mol. The summed E-state index contributed by atoms with van der Waals surface area (Å²) in [6.45, 7) is 9.71. The Morgan fingerprint density at radius 3 is 2.65 bits per heavy atom. The number of aromatic nitrogens is 1. The predicted octanol–water partition coefficient (Wildman–Crippen LogP) is 3.48. The Hall–Kier alpha value is -1.55. The summed E-state index contributed by atoms with van der Waals surface area (Å²) in [5.41, 5.74) is 3.85. The zero-order chi connectivity index (χ0) is 14.1. The lowest BCUT2D eigenvalue weighted by atomic mass is 10.1. The molecule has 0 spiro atoms. The molecule has 0 radical (unpaired) electrons. The number of benzene rings is 1. The van der Waals surface area contributed by atoms with Gasteiger partial charge in [0.15, 0.2) is 5.13 Å². The predicted molar refractivity (Wildman–Crippen MR) is 87.1 cm³/mol. The molecule has 1 fully saturated rings. The van der Waals surface area contributed by atoms with Crippen molar-refractivity contribution in [2.75, 3.05) is 29.4 Å². The van der Waals surface area contributed by atoms with Crippen LogP contribution in [0.15, 0.2) is 29.6 Å². The van der Waals surface area contributed by atoms with E-state index in [2.05, 4.69) is 65.2 Å². The monoisotopic (exact) mass is 287 g/mol. The second-order valence-electron chi connectivity index (χ2n) is 5.55. The maximum Gasteiger partial charge on any atom is 0.185 e. The highest BCUT2D eigenvalue weighted by atomic mass is 32.1. The number of rotatable bonds is 2. The topological polar surface area (TPSA) is 19.4 Å². The van der Waals surface area contributed by atoms with Crippen molar-refractivity contribution < 1.29 is 0 Å². The van der Waals surface area contributed by atoms with Crippen molar-refractivity contribution in [2.45, 2.75) is 26.8 Å². The van der Waals surface area contributed by atoms with Crippen molar-refractivity contribution in [3.63, 3.8) is 0 Å². The van der Waals surface area contributed by atoms with Gasteiger partial charge in [0.1, 0.15) is 0 Å². The first-order valence-electron chi connectivity index (χ1n) is 7.14. The second-order valence-corrected chi connectivity index (χ2v) is 6.38. The molecule has 1 aromatic carbocycles. The summed E-state index contributed by atoms with van der Waals surface area (Å²) in [7, 11) is 0. The number of aryl methyl sites for hydroxylation is 2. The van der Waals surface area contributed by atoms with Gasteiger partial charge in [-0.3, -0.25) is 0 Å². The molecule has 0 amide bonds. The summed E-state index contributed by atoms with van der Waals surface area (Å²) >= 11 is 1.76. The standard InChI is InChI=1S/C16H21N3S/c1-12-6-4-5-7-15(12)18-8-9-19(14(3)10-18)16-17-13(2)11-20-16/h4-7,11,14H,8-10H2,1-3H3. The van der Waals surface area contributed by atoms with Crippen molar-refractivity contribution in [2.24, 2.45) is 0 Å². The molecule has 0 bridgehead atoms. The van der Waals surface area contributed by atoms with Gasteiger partial charge in [-0.1, -0.05) is 18.2 Å².